The number of ether oxygens (including phenoxy) is 1. The summed E-state index contributed by atoms with van der Waals surface area (Å²) in [7, 11) is 0. The monoisotopic (exact) mass is 322 g/mol. The van der Waals surface area contributed by atoms with Crippen LogP contribution in [0, 0.1) is 0 Å². The van der Waals surface area contributed by atoms with Crippen molar-refractivity contribution in [3.05, 3.63) is 35.9 Å². The van der Waals surface area contributed by atoms with Gasteiger partial charge in [-0.2, -0.15) is 0 Å². The summed E-state index contributed by atoms with van der Waals surface area (Å²) in [6.45, 7) is 3.31. The quantitative estimate of drug-likeness (QED) is 0.675. The number of aliphatic carboxylic acids is 1. The van der Waals surface area contributed by atoms with Crippen LogP contribution in [-0.2, 0) is 20.9 Å². The van der Waals surface area contributed by atoms with Gasteiger partial charge in [0.25, 0.3) is 0 Å². The van der Waals surface area contributed by atoms with E-state index in [0.717, 1.165) is 5.56 Å². The molecule has 1 aromatic carbocycles. The highest BCUT2D eigenvalue weighted by molar-refractivity contribution is 5.89. The Morgan fingerprint density at radius 1 is 1.17 bits per heavy atom. The molecule has 0 heterocycles. The second-order valence-electron chi connectivity index (χ2n) is 5.12. The number of carbonyl (C=O) groups is 3. The van der Waals surface area contributed by atoms with Crippen LogP contribution in [-0.4, -0.2) is 35.2 Å². The van der Waals surface area contributed by atoms with Gasteiger partial charge in [-0.15, -0.1) is 0 Å². The molecule has 2 atom stereocenters. The van der Waals surface area contributed by atoms with Gasteiger partial charge in [0, 0.05) is 0 Å². The molecule has 1 aromatic rings. The van der Waals surface area contributed by atoms with Gasteiger partial charge in [0.05, 0.1) is 0 Å². The highest BCUT2D eigenvalue weighted by atomic mass is 16.5. The third-order valence-corrected chi connectivity index (χ3v) is 3.13. The predicted molar refractivity (Wildman–Crippen MR) is 83.7 cm³/mol. The minimum Gasteiger partial charge on any atom is -0.480 e. The van der Waals surface area contributed by atoms with E-state index in [1.54, 1.807) is 0 Å². The van der Waals surface area contributed by atoms with Crippen LogP contribution in [0.3, 0.4) is 0 Å². The number of nitrogens with one attached hydrogen (secondary N) is 2. The zero-order valence-electron chi connectivity index (χ0n) is 13.2. The average molecular weight is 322 g/mol. The molecule has 0 saturated carbocycles. The Bertz CT molecular complexity index is 533. The first kappa shape index (κ1) is 18.5. The molecular weight excluding hydrogens is 300 g/mol. The summed E-state index contributed by atoms with van der Waals surface area (Å²) in [6, 6.07) is 7.30. The normalized spacial score (nSPS) is 12.8. The van der Waals surface area contributed by atoms with Crippen LogP contribution < -0.4 is 10.6 Å². The fourth-order valence-electron chi connectivity index (χ4n) is 1.84. The summed E-state index contributed by atoms with van der Waals surface area (Å²) in [5, 5.41) is 13.6. The van der Waals surface area contributed by atoms with E-state index >= 15 is 0 Å². The molecule has 3 N–H and O–H groups in total. The first-order valence-electron chi connectivity index (χ1n) is 7.44. The summed E-state index contributed by atoms with van der Waals surface area (Å²) in [5.74, 6) is -1.68. The van der Waals surface area contributed by atoms with Crippen molar-refractivity contribution in [1.29, 1.82) is 0 Å². The van der Waals surface area contributed by atoms with E-state index in [-0.39, 0.29) is 6.61 Å². The number of benzene rings is 1. The summed E-state index contributed by atoms with van der Waals surface area (Å²) in [6.07, 6.45) is 0.322. The Morgan fingerprint density at radius 3 is 2.39 bits per heavy atom. The zero-order valence-corrected chi connectivity index (χ0v) is 13.2. The van der Waals surface area contributed by atoms with E-state index in [1.165, 1.54) is 6.92 Å². The maximum atomic E-state index is 12.0. The zero-order chi connectivity index (χ0) is 17.2. The lowest BCUT2D eigenvalue weighted by Crippen LogP contribution is -2.50. The Balaban J connectivity index is 2.52. The van der Waals surface area contributed by atoms with Crippen LogP contribution in [0.4, 0.5) is 4.79 Å². The maximum absolute atomic E-state index is 12.0. The Morgan fingerprint density at radius 2 is 1.83 bits per heavy atom. The minimum atomic E-state index is -1.14. The smallest absolute Gasteiger partial charge is 0.408 e. The molecule has 2 amide bonds. The minimum absolute atomic E-state index is 0.0959. The van der Waals surface area contributed by atoms with Crippen molar-refractivity contribution in [2.75, 3.05) is 0 Å². The largest absolute Gasteiger partial charge is 0.480 e. The van der Waals surface area contributed by atoms with Gasteiger partial charge < -0.3 is 20.5 Å². The topological polar surface area (TPSA) is 105 Å². The molecule has 7 heteroatoms. The molecule has 0 spiro atoms. The number of carboxylic acids is 1. The van der Waals surface area contributed by atoms with Crippen LogP contribution in [0.1, 0.15) is 32.3 Å². The van der Waals surface area contributed by atoms with Gasteiger partial charge in [-0.05, 0) is 18.9 Å². The van der Waals surface area contributed by atoms with Crippen LogP contribution in [0.5, 0.6) is 0 Å². The SMILES string of the molecule is CCC[C@@H](NC(=O)OCc1ccccc1)C(=O)N[C@@H](C)C(=O)O. The van der Waals surface area contributed by atoms with Crippen molar-refractivity contribution in [2.24, 2.45) is 0 Å². The lowest BCUT2D eigenvalue weighted by Gasteiger charge is -2.19. The Labute approximate surface area is 135 Å². The van der Waals surface area contributed by atoms with Crippen molar-refractivity contribution in [3.63, 3.8) is 0 Å². The number of carboxylic acid groups (broad SMARTS) is 1. The van der Waals surface area contributed by atoms with Crippen molar-refractivity contribution in [2.45, 2.75) is 45.4 Å². The molecule has 0 unspecified atom stereocenters. The number of hydrogen-bond donors (Lipinski definition) is 3. The van der Waals surface area contributed by atoms with Crippen LogP contribution in [0.25, 0.3) is 0 Å². The molecule has 23 heavy (non-hydrogen) atoms. The van der Waals surface area contributed by atoms with Gasteiger partial charge in [-0.3, -0.25) is 9.59 Å². The Hall–Kier alpha value is -2.57. The van der Waals surface area contributed by atoms with E-state index in [0.29, 0.717) is 12.8 Å². The van der Waals surface area contributed by atoms with E-state index in [2.05, 4.69) is 10.6 Å². The van der Waals surface area contributed by atoms with Gasteiger partial charge in [0.15, 0.2) is 0 Å². The van der Waals surface area contributed by atoms with Crippen LogP contribution in [0.2, 0.25) is 0 Å². The summed E-state index contributed by atoms with van der Waals surface area (Å²) < 4.78 is 5.06. The highest BCUT2D eigenvalue weighted by Crippen LogP contribution is 2.03. The fourth-order valence-corrected chi connectivity index (χ4v) is 1.84. The van der Waals surface area contributed by atoms with Gasteiger partial charge >= 0.3 is 12.1 Å². The van der Waals surface area contributed by atoms with E-state index in [4.69, 9.17) is 9.84 Å². The lowest BCUT2D eigenvalue weighted by atomic mass is 10.1. The first-order chi connectivity index (χ1) is 10.9. The second kappa shape index (κ2) is 9.45. The number of carbonyl (C=O) groups excluding carboxylic acids is 2. The molecular formula is C16H22N2O5. The molecule has 0 aliphatic rings. The number of alkyl carbamates (subject to hydrolysis) is 1. The van der Waals surface area contributed by atoms with Crippen molar-refractivity contribution >= 4 is 18.0 Å². The fraction of sp³-hybridized carbons (Fsp3) is 0.438. The summed E-state index contributed by atoms with van der Waals surface area (Å²) in [5.41, 5.74) is 0.832. The molecule has 0 aliphatic heterocycles. The van der Waals surface area contributed by atoms with Crippen molar-refractivity contribution < 1.29 is 24.2 Å². The molecule has 0 fully saturated rings. The standard InChI is InChI=1S/C16H22N2O5/c1-3-7-13(14(19)17-11(2)15(20)21)18-16(22)23-10-12-8-5-4-6-9-12/h4-6,8-9,11,13H,3,7,10H2,1-2H3,(H,17,19)(H,18,22)(H,20,21)/t11-,13+/m0/s1. The average Bonchev–Trinajstić information content (AvgIpc) is 2.53. The van der Waals surface area contributed by atoms with Gasteiger partial charge in [-0.1, -0.05) is 43.7 Å². The number of amides is 2. The molecule has 7 nitrogen and oxygen atoms in total. The van der Waals surface area contributed by atoms with Crippen LogP contribution in [0.15, 0.2) is 30.3 Å². The van der Waals surface area contributed by atoms with Gasteiger partial charge in [0.1, 0.15) is 18.7 Å². The first-order valence-corrected chi connectivity index (χ1v) is 7.44. The number of rotatable bonds is 8. The highest BCUT2D eigenvalue weighted by Gasteiger charge is 2.23. The third kappa shape index (κ3) is 6.82. The molecule has 0 aromatic heterocycles. The van der Waals surface area contributed by atoms with Crippen LogP contribution >= 0.6 is 0 Å². The predicted octanol–water partition coefficient (Wildman–Crippen LogP) is 1.67. The van der Waals surface area contributed by atoms with Gasteiger partial charge in [0.2, 0.25) is 5.91 Å². The van der Waals surface area contributed by atoms with E-state index in [9.17, 15) is 14.4 Å². The molecule has 0 radical (unpaired) electrons. The second-order valence-corrected chi connectivity index (χ2v) is 5.12. The van der Waals surface area contributed by atoms with Crippen molar-refractivity contribution in [3.8, 4) is 0 Å². The summed E-state index contributed by atoms with van der Waals surface area (Å²) in [4.78, 5) is 34.6. The van der Waals surface area contributed by atoms with Crippen molar-refractivity contribution in [1.82, 2.24) is 10.6 Å². The molecule has 0 aliphatic carbocycles. The molecule has 126 valence electrons. The molecule has 0 saturated heterocycles. The third-order valence-electron chi connectivity index (χ3n) is 3.13. The molecule has 1 rings (SSSR count). The summed E-state index contributed by atoms with van der Waals surface area (Å²) >= 11 is 0. The molecule has 0 bridgehead atoms. The van der Waals surface area contributed by atoms with Gasteiger partial charge in [-0.25, -0.2) is 4.79 Å². The van der Waals surface area contributed by atoms with E-state index < -0.39 is 30.1 Å². The lowest BCUT2D eigenvalue weighted by molar-refractivity contribution is -0.141. The van der Waals surface area contributed by atoms with E-state index in [1.807, 2.05) is 37.3 Å². The maximum Gasteiger partial charge on any atom is 0.408 e. The number of hydrogen-bond acceptors (Lipinski definition) is 4. The Kier molecular flexibility index (Phi) is 7.59.